The Morgan fingerprint density at radius 2 is 2.08 bits per heavy atom. The molecule has 8 heteroatoms. The summed E-state index contributed by atoms with van der Waals surface area (Å²) in [7, 11) is 0. The minimum absolute atomic E-state index is 0.114. The Morgan fingerprint density at radius 3 is 2.85 bits per heavy atom. The van der Waals surface area contributed by atoms with Crippen molar-refractivity contribution in [1.82, 2.24) is 15.3 Å². The van der Waals surface area contributed by atoms with Gasteiger partial charge in [0.2, 0.25) is 0 Å². The van der Waals surface area contributed by atoms with Crippen molar-refractivity contribution in [1.29, 1.82) is 0 Å². The molecule has 1 saturated carbocycles. The van der Waals surface area contributed by atoms with Crippen LogP contribution in [0.5, 0.6) is 0 Å². The summed E-state index contributed by atoms with van der Waals surface area (Å²) in [5, 5.41) is 6.66. The van der Waals surface area contributed by atoms with Crippen molar-refractivity contribution in [2.24, 2.45) is 0 Å². The van der Waals surface area contributed by atoms with Gasteiger partial charge in [-0.05, 0) is 31.2 Å². The van der Waals surface area contributed by atoms with Crippen molar-refractivity contribution >= 4 is 45.2 Å². The molecule has 2 heterocycles. The molecule has 0 unspecified atom stereocenters. The zero-order chi connectivity index (χ0) is 18.4. The van der Waals surface area contributed by atoms with Crippen molar-refractivity contribution in [3.63, 3.8) is 0 Å². The van der Waals surface area contributed by atoms with Crippen LogP contribution in [-0.4, -0.2) is 39.7 Å². The number of esters is 1. The van der Waals surface area contributed by atoms with Crippen LogP contribution in [0.2, 0.25) is 0 Å². The SMILES string of the molecule is C[C@@H](OC(=O)CSc1ncnc2sccc12)C(=O)NC1CCCCCC1. The van der Waals surface area contributed by atoms with Crippen molar-refractivity contribution < 1.29 is 14.3 Å². The standard InChI is InChI=1S/C18H23N3O3S2/c1-12(16(23)21-13-6-4-2-3-5-7-13)24-15(22)10-26-18-14-8-9-25-17(14)19-11-20-18/h8-9,11-13H,2-7,10H2,1H3,(H,21,23)/t12-/m1/s1. The summed E-state index contributed by atoms with van der Waals surface area (Å²) < 4.78 is 5.29. The van der Waals surface area contributed by atoms with E-state index in [1.165, 1.54) is 42.3 Å². The van der Waals surface area contributed by atoms with Gasteiger partial charge in [0, 0.05) is 11.4 Å². The minimum atomic E-state index is -0.780. The smallest absolute Gasteiger partial charge is 0.317 e. The summed E-state index contributed by atoms with van der Waals surface area (Å²) in [6.45, 7) is 1.62. The summed E-state index contributed by atoms with van der Waals surface area (Å²) in [4.78, 5) is 33.7. The third-order valence-electron chi connectivity index (χ3n) is 4.43. The molecule has 2 aromatic rings. The van der Waals surface area contributed by atoms with Crippen LogP contribution < -0.4 is 5.32 Å². The van der Waals surface area contributed by atoms with Crippen LogP contribution in [0.4, 0.5) is 0 Å². The molecule has 0 spiro atoms. The lowest BCUT2D eigenvalue weighted by molar-refractivity contribution is -0.152. The van der Waals surface area contributed by atoms with E-state index < -0.39 is 12.1 Å². The van der Waals surface area contributed by atoms with E-state index in [-0.39, 0.29) is 17.7 Å². The van der Waals surface area contributed by atoms with E-state index >= 15 is 0 Å². The second-order valence-electron chi connectivity index (χ2n) is 6.44. The average Bonchev–Trinajstić information content (AvgIpc) is 2.97. The maximum Gasteiger partial charge on any atom is 0.317 e. The van der Waals surface area contributed by atoms with Gasteiger partial charge in [-0.3, -0.25) is 9.59 Å². The first-order chi connectivity index (χ1) is 12.6. The lowest BCUT2D eigenvalue weighted by Crippen LogP contribution is -2.42. The topological polar surface area (TPSA) is 81.2 Å². The highest BCUT2D eigenvalue weighted by Gasteiger charge is 2.22. The lowest BCUT2D eigenvalue weighted by atomic mass is 10.1. The van der Waals surface area contributed by atoms with Crippen LogP contribution in [0.3, 0.4) is 0 Å². The maximum atomic E-state index is 12.3. The van der Waals surface area contributed by atoms with Gasteiger partial charge in [-0.2, -0.15) is 0 Å². The van der Waals surface area contributed by atoms with Gasteiger partial charge in [-0.25, -0.2) is 9.97 Å². The number of hydrogen-bond acceptors (Lipinski definition) is 7. The largest absolute Gasteiger partial charge is 0.452 e. The predicted octanol–water partition coefficient (Wildman–Crippen LogP) is 3.55. The highest BCUT2D eigenvalue weighted by atomic mass is 32.2. The number of fused-ring (bicyclic) bond motifs is 1. The Balaban J connectivity index is 1.46. The number of thiophene rings is 1. The molecule has 2 aromatic heterocycles. The van der Waals surface area contributed by atoms with Crippen LogP contribution in [0.15, 0.2) is 22.8 Å². The van der Waals surface area contributed by atoms with Crippen LogP contribution in [0.25, 0.3) is 10.2 Å². The monoisotopic (exact) mass is 393 g/mol. The molecule has 3 rings (SSSR count). The third kappa shape index (κ3) is 5.17. The van der Waals surface area contributed by atoms with E-state index in [4.69, 9.17) is 4.74 Å². The van der Waals surface area contributed by atoms with E-state index in [1.807, 2.05) is 11.4 Å². The predicted molar refractivity (Wildman–Crippen MR) is 103 cm³/mol. The van der Waals surface area contributed by atoms with E-state index in [0.29, 0.717) is 0 Å². The Kier molecular flexibility index (Phi) is 6.85. The van der Waals surface area contributed by atoms with Gasteiger partial charge in [-0.15, -0.1) is 11.3 Å². The molecule has 0 aliphatic heterocycles. The quantitative estimate of drug-likeness (QED) is 0.350. The summed E-state index contributed by atoms with van der Waals surface area (Å²) in [6, 6.07) is 2.14. The average molecular weight is 394 g/mol. The number of thioether (sulfide) groups is 1. The highest BCUT2D eigenvalue weighted by molar-refractivity contribution is 8.00. The zero-order valence-corrected chi connectivity index (χ0v) is 16.4. The fourth-order valence-corrected chi connectivity index (χ4v) is 4.60. The first-order valence-electron chi connectivity index (χ1n) is 8.94. The molecule has 6 nitrogen and oxygen atoms in total. The number of aromatic nitrogens is 2. The number of carbonyl (C=O) groups excluding carboxylic acids is 2. The molecule has 1 aliphatic rings. The molecule has 1 fully saturated rings. The first-order valence-corrected chi connectivity index (χ1v) is 10.8. The van der Waals surface area contributed by atoms with Gasteiger partial charge in [0.1, 0.15) is 16.2 Å². The van der Waals surface area contributed by atoms with Crippen LogP contribution in [-0.2, 0) is 14.3 Å². The summed E-state index contributed by atoms with van der Waals surface area (Å²) in [5.41, 5.74) is 0. The van der Waals surface area contributed by atoms with Crippen LogP contribution in [0, 0.1) is 0 Å². The van der Waals surface area contributed by atoms with Gasteiger partial charge in [0.25, 0.3) is 5.91 Å². The first kappa shape index (κ1) is 19.1. The normalized spacial score (nSPS) is 16.8. The molecule has 1 N–H and O–H groups in total. The van der Waals surface area contributed by atoms with Crippen molar-refractivity contribution in [2.75, 3.05) is 5.75 Å². The molecule has 0 aromatic carbocycles. The molecular weight excluding hydrogens is 370 g/mol. The Morgan fingerprint density at radius 1 is 1.31 bits per heavy atom. The van der Waals surface area contributed by atoms with Crippen LogP contribution in [0.1, 0.15) is 45.4 Å². The van der Waals surface area contributed by atoms with E-state index in [1.54, 1.807) is 6.92 Å². The number of ether oxygens (including phenoxy) is 1. The fraction of sp³-hybridized carbons (Fsp3) is 0.556. The molecule has 1 amide bonds. The van der Waals surface area contributed by atoms with Gasteiger partial charge >= 0.3 is 5.97 Å². The molecule has 0 radical (unpaired) electrons. The van der Waals surface area contributed by atoms with Crippen molar-refractivity contribution in [3.8, 4) is 0 Å². The third-order valence-corrected chi connectivity index (χ3v) is 6.23. The molecule has 140 valence electrons. The van der Waals surface area contributed by atoms with Gasteiger partial charge in [-0.1, -0.05) is 37.4 Å². The van der Waals surface area contributed by atoms with E-state index in [2.05, 4.69) is 15.3 Å². The molecule has 0 saturated heterocycles. The minimum Gasteiger partial charge on any atom is -0.452 e. The molecule has 1 atom stereocenters. The van der Waals surface area contributed by atoms with Crippen LogP contribution >= 0.6 is 23.1 Å². The van der Waals surface area contributed by atoms with E-state index in [9.17, 15) is 9.59 Å². The summed E-state index contributed by atoms with van der Waals surface area (Å²) in [5.74, 6) is -0.513. The molecule has 26 heavy (non-hydrogen) atoms. The summed E-state index contributed by atoms with van der Waals surface area (Å²) >= 11 is 2.84. The van der Waals surface area contributed by atoms with E-state index in [0.717, 1.165) is 40.9 Å². The van der Waals surface area contributed by atoms with Gasteiger partial charge in [0.15, 0.2) is 6.10 Å². The van der Waals surface area contributed by atoms with Gasteiger partial charge < -0.3 is 10.1 Å². The Bertz CT molecular complexity index is 757. The molecule has 1 aliphatic carbocycles. The number of hydrogen-bond donors (Lipinski definition) is 1. The number of rotatable bonds is 6. The zero-order valence-electron chi connectivity index (χ0n) is 14.8. The molecular formula is C18H23N3O3S2. The second kappa shape index (κ2) is 9.32. The lowest BCUT2D eigenvalue weighted by Gasteiger charge is -2.19. The Labute approximate surface area is 161 Å². The molecule has 0 bridgehead atoms. The number of amides is 1. The number of carbonyl (C=O) groups is 2. The number of nitrogens with zero attached hydrogens (tertiary/aromatic N) is 2. The fourth-order valence-electron chi connectivity index (χ4n) is 3.04. The number of nitrogens with one attached hydrogen (secondary N) is 1. The highest BCUT2D eigenvalue weighted by Crippen LogP contribution is 2.27. The Hall–Kier alpha value is -1.67. The van der Waals surface area contributed by atoms with Crippen molar-refractivity contribution in [3.05, 3.63) is 17.8 Å². The summed E-state index contributed by atoms with van der Waals surface area (Å²) in [6.07, 6.45) is 7.48. The maximum absolute atomic E-state index is 12.3. The van der Waals surface area contributed by atoms with Gasteiger partial charge in [0.05, 0.1) is 5.75 Å². The second-order valence-corrected chi connectivity index (χ2v) is 8.29. The van der Waals surface area contributed by atoms with Crippen molar-refractivity contribution in [2.45, 2.75) is 62.6 Å².